The van der Waals surface area contributed by atoms with E-state index in [9.17, 15) is 9.18 Å². The van der Waals surface area contributed by atoms with Crippen LogP contribution in [-0.2, 0) is 0 Å². The first-order chi connectivity index (χ1) is 6.93. The minimum atomic E-state index is -1.16. The predicted molar refractivity (Wildman–Crippen MR) is 59.8 cm³/mol. The molecule has 5 heteroatoms. The van der Waals surface area contributed by atoms with Crippen LogP contribution < -0.4 is 5.32 Å². The van der Waals surface area contributed by atoms with Gasteiger partial charge in [-0.05, 0) is 41.9 Å². The van der Waals surface area contributed by atoms with Crippen molar-refractivity contribution in [3.05, 3.63) is 28.0 Å². The second-order valence-electron chi connectivity index (χ2n) is 3.39. The molecule has 0 aliphatic rings. The Kier molecular flexibility index (Phi) is 3.68. The Morgan fingerprint density at radius 1 is 1.53 bits per heavy atom. The third-order valence-corrected chi connectivity index (χ3v) is 2.53. The highest BCUT2D eigenvalue weighted by atomic mass is 79.9. The van der Waals surface area contributed by atoms with Crippen LogP contribution in [0.15, 0.2) is 16.6 Å². The highest BCUT2D eigenvalue weighted by Gasteiger charge is 2.15. The SMILES string of the molecule is CC(C)Nc1ccc(C(=O)O)c(Br)c1F. The van der Waals surface area contributed by atoms with Gasteiger partial charge in [0.25, 0.3) is 0 Å². The monoisotopic (exact) mass is 275 g/mol. The van der Waals surface area contributed by atoms with Crippen molar-refractivity contribution in [3.63, 3.8) is 0 Å². The predicted octanol–water partition coefficient (Wildman–Crippen LogP) is 3.11. The largest absolute Gasteiger partial charge is 0.478 e. The Morgan fingerprint density at radius 2 is 2.13 bits per heavy atom. The van der Waals surface area contributed by atoms with Crippen molar-refractivity contribution in [3.8, 4) is 0 Å². The first kappa shape index (κ1) is 12.0. The molecule has 0 fully saturated rings. The van der Waals surface area contributed by atoms with E-state index in [4.69, 9.17) is 5.11 Å². The van der Waals surface area contributed by atoms with E-state index in [2.05, 4.69) is 21.2 Å². The van der Waals surface area contributed by atoms with Gasteiger partial charge in [-0.25, -0.2) is 9.18 Å². The molecule has 0 heterocycles. The van der Waals surface area contributed by atoms with Crippen molar-refractivity contribution in [1.82, 2.24) is 0 Å². The lowest BCUT2D eigenvalue weighted by molar-refractivity contribution is 0.0695. The van der Waals surface area contributed by atoms with Crippen LogP contribution in [0.5, 0.6) is 0 Å². The van der Waals surface area contributed by atoms with Gasteiger partial charge in [-0.2, -0.15) is 0 Å². The fourth-order valence-electron chi connectivity index (χ4n) is 1.14. The van der Waals surface area contributed by atoms with Gasteiger partial charge in [0, 0.05) is 6.04 Å². The van der Waals surface area contributed by atoms with Crippen LogP contribution in [0.4, 0.5) is 10.1 Å². The number of anilines is 1. The molecule has 15 heavy (non-hydrogen) atoms. The highest BCUT2D eigenvalue weighted by molar-refractivity contribution is 9.10. The number of hydrogen-bond acceptors (Lipinski definition) is 2. The molecule has 0 bridgehead atoms. The summed E-state index contributed by atoms with van der Waals surface area (Å²) in [5, 5.41) is 11.6. The van der Waals surface area contributed by atoms with Gasteiger partial charge in [0.1, 0.15) is 0 Å². The van der Waals surface area contributed by atoms with E-state index in [0.717, 1.165) is 0 Å². The average Bonchev–Trinajstić information content (AvgIpc) is 2.12. The van der Waals surface area contributed by atoms with Gasteiger partial charge in [-0.3, -0.25) is 0 Å². The zero-order chi connectivity index (χ0) is 11.6. The minimum Gasteiger partial charge on any atom is -0.478 e. The number of carbonyl (C=O) groups is 1. The molecule has 3 nitrogen and oxygen atoms in total. The summed E-state index contributed by atoms with van der Waals surface area (Å²) in [5.74, 6) is -1.74. The molecule has 0 aromatic heterocycles. The molecular weight excluding hydrogens is 265 g/mol. The van der Waals surface area contributed by atoms with E-state index in [1.54, 1.807) is 0 Å². The number of halogens is 2. The molecule has 0 unspecified atom stereocenters. The molecule has 0 spiro atoms. The van der Waals surface area contributed by atoms with Crippen LogP contribution in [0.2, 0.25) is 0 Å². The Morgan fingerprint density at radius 3 is 2.60 bits per heavy atom. The van der Waals surface area contributed by atoms with Crippen LogP contribution in [0.3, 0.4) is 0 Å². The fourth-order valence-corrected chi connectivity index (χ4v) is 1.65. The van der Waals surface area contributed by atoms with Crippen molar-refractivity contribution >= 4 is 27.6 Å². The van der Waals surface area contributed by atoms with Gasteiger partial charge in [-0.1, -0.05) is 0 Å². The zero-order valence-corrected chi connectivity index (χ0v) is 9.93. The summed E-state index contributed by atoms with van der Waals surface area (Å²) >= 11 is 2.93. The van der Waals surface area contributed by atoms with Gasteiger partial charge in [0.05, 0.1) is 15.7 Å². The molecule has 0 aliphatic carbocycles. The molecule has 0 atom stereocenters. The van der Waals surface area contributed by atoms with Crippen molar-refractivity contribution in [2.24, 2.45) is 0 Å². The Balaban J connectivity index is 3.15. The molecule has 1 aromatic rings. The number of benzene rings is 1. The summed E-state index contributed by atoms with van der Waals surface area (Å²) in [5.41, 5.74) is 0.212. The lowest BCUT2D eigenvalue weighted by Crippen LogP contribution is -2.12. The molecule has 0 aliphatic heterocycles. The first-order valence-electron chi connectivity index (χ1n) is 4.41. The third kappa shape index (κ3) is 2.68. The standard InChI is InChI=1S/C10H11BrFNO2/c1-5(2)13-7-4-3-6(10(14)15)8(11)9(7)12/h3-5,13H,1-2H3,(H,14,15). The normalized spacial score (nSPS) is 10.5. The summed E-state index contributed by atoms with van der Waals surface area (Å²) in [6.45, 7) is 3.75. The van der Waals surface area contributed by atoms with Crippen molar-refractivity contribution in [2.75, 3.05) is 5.32 Å². The molecule has 0 saturated heterocycles. The average molecular weight is 276 g/mol. The van der Waals surface area contributed by atoms with E-state index in [0.29, 0.717) is 5.69 Å². The second-order valence-corrected chi connectivity index (χ2v) is 4.19. The molecule has 0 saturated carbocycles. The molecule has 0 radical (unpaired) electrons. The Hall–Kier alpha value is -1.10. The van der Waals surface area contributed by atoms with E-state index < -0.39 is 11.8 Å². The number of carboxylic acid groups (broad SMARTS) is 1. The van der Waals surface area contributed by atoms with Gasteiger partial charge in [0.2, 0.25) is 0 Å². The summed E-state index contributed by atoms with van der Waals surface area (Å²) in [6.07, 6.45) is 0. The molecule has 1 aromatic carbocycles. The van der Waals surface area contributed by atoms with E-state index in [-0.39, 0.29) is 16.1 Å². The van der Waals surface area contributed by atoms with Gasteiger partial charge >= 0.3 is 5.97 Å². The number of hydrogen-bond donors (Lipinski definition) is 2. The first-order valence-corrected chi connectivity index (χ1v) is 5.20. The maximum Gasteiger partial charge on any atom is 0.336 e. The highest BCUT2D eigenvalue weighted by Crippen LogP contribution is 2.27. The van der Waals surface area contributed by atoms with Crippen molar-refractivity contribution in [2.45, 2.75) is 19.9 Å². The van der Waals surface area contributed by atoms with Crippen LogP contribution in [0, 0.1) is 5.82 Å². The van der Waals surface area contributed by atoms with E-state index in [1.807, 2.05) is 13.8 Å². The minimum absolute atomic E-state index is 0.0272. The van der Waals surface area contributed by atoms with Crippen LogP contribution in [0.1, 0.15) is 24.2 Å². The number of nitrogens with one attached hydrogen (secondary N) is 1. The smallest absolute Gasteiger partial charge is 0.336 e. The van der Waals surface area contributed by atoms with Crippen LogP contribution >= 0.6 is 15.9 Å². The molecular formula is C10H11BrFNO2. The molecule has 82 valence electrons. The summed E-state index contributed by atoms with van der Waals surface area (Å²) in [6, 6.07) is 2.87. The lowest BCUT2D eigenvalue weighted by Gasteiger charge is -2.12. The lowest BCUT2D eigenvalue weighted by atomic mass is 10.2. The fraction of sp³-hybridized carbons (Fsp3) is 0.300. The van der Waals surface area contributed by atoms with Crippen molar-refractivity contribution in [1.29, 1.82) is 0 Å². The summed E-state index contributed by atoms with van der Waals surface area (Å²) in [4.78, 5) is 10.7. The number of carboxylic acids is 1. The van der Waals surface area contributed by atoms with E-state index >= 15 is 0 Å². The van der Waals surface area contributed by atoms with Gasteiger partial charge in [0.15, 0.2) is 5.82 Å². The zero-order valence-electron chi connectivity index (χ0n) is 8.34. The van der Waals surface area contributed by atoms with Crippen LogP contribution in [-0.4, -0.2) is 17.1 Å². The summed E-state index contributed by atoms with van der Waals surface area (Å²) in [7, 11) is 0. The molecule has 1 rings (SSSR count). The quantitative estimate of drug-likeness (QED) is 0.891. The Bertz CT molecular complexity index is 393. The molecule has 0 amide bonds. The van der Waals surface area contributed by atoms with E-state index in [1.165, 1.54) is 12.1 Å². The van der Waals surface area contributed by atoms with Crippen LogP contribution in [0.25, 0.3) is 0 Å². The molecule has 2 N–H and O–H groups in total. The second kappa shape index (κ2) is 4.61. The topological polar surface area (TPSA) is 49.3 Å². The summed E-state index contributed by atoms with van der Waals surface area (Å²) < 4.78 is 13.6. The maximum absolute atomic E-state index is 13.6. The Labute approximate surface area is 95.4 Å². The number of rotatable bonds is 3. The van der Waals surface area contributed by atoms with Gasteiger partial charge in [-0.15, -0.1) is 0 Å². The number of aromatic carboxylic acids is 1. The third-order valence-electron chi connectivity index (χ3n) is 1.76. The van der Waals surface area contributed by atoms with Gasteiger partial charge < -0.3 is 10.4 Å². The van der Waals surface area contributed by atoms with Crippen molar-refractivity contribution < 1.29 is 14.3 Å². The maximum atomic E-state index is 13.6.